The summed E-state index contributed by atoms with van der Waals surface area (Å²) in [7, 11) is 1.84. The van der Waals surface area contributed by atoms with Crippen LogP contribution in [0.4, 0.5) is 16.2 Å². The van der Waals surface area contributed by atoms with E-state index in [0.29, 0.717) is 31.2 Å². The van der Waals surface area contributed by atoms with E-state index >= 15 is 0 Å². The Morgan fingerprint density at radius 2 is 1.90 bits per heavy atom. The second-order valence-corrected chi connectivity index (χ2v) is 11.4. The molecule has 41 heavy (non-hydrogen) atoms. The van der Waals surface area contributed by atoms with Crippen LogP contribution in [0.3, 0.4) is 0 Å². The van der Waals surface area contributed by atoms with E-state index < -0.39 is 17.7 Å². The van der Waals surface area contributed by atoms with Crippen LogP contribution in [0.1, 0.15) is 54.8 Å². The van der Waals surface area contributed by atoms with Crippen molar-refractivity contribution < 1.29 is 19.1 Å². The summed E-state index contributed by atoms with van der Waals surface area (Å²) in [6, 6.07) is 17.5. The number of nitrogens with one attached hydrogen (secondary N) is 1. The van der Waals surface area contributed by atoms with Gasteiger partial charge in [-0.1, -0.05) is 30.3 Å². The van der Waals surface area contributed by atoms with Gasteiger partial charge in [-0.15, -0.1) is 0 Å². The lowest BCUT2D eigenvalue weighted by Crippen LogP contribution is -2.49. The monoisotopic (exact) mass is 555 g/mol. The van der Waals surface area contributed by atoms with Crippen molar-refractivity contribution in [2.45, 2.75) is 58.8 Å². The summed E-state index contributed by atoms with van der Waals surface area (Å²) >= 11 is 0. The normalized spacial score (nSPS) is 16.1. The molecule has 2 aliphatic heterocycles. The third kappa shape index (κ3) is 6.34. The number of hydrogen-bond donors (Lipinski definition) is 1. The minimum atomic E-state index is -0.595. The van der Waals surface area contributed by atoms with Crippen molar-refractivity contribution in [2.75, 3.05) is 25.5 Å². The molecular formula is C32H37N5O4. The molecule has 3 heterocycles. The molecule has 0 spiro atoms. The number of pyridine rings is 1. The molecule has 9 heteroatoms. The fourth-order valence-electron chi connectivity index (χ4n) is 5.18. The maximum Gasteiger partial charge on any atom is 0.412 e. The number of likely N-dealkylation sites (N-methyl/N-ethyl adjacent to an activating group) is 1. The standard InChI is InChI=1S/C32H37N5O4/c1-21-25-20-40-30(34-27(25)14-13-26(21)35-31(39)41-32(2,3)4)37-19-15-22-10-6-7-12-24(22)28(37)29(38)36(5)18-16-23-11-8-9-17-33-23/h6-14,17,28H,15-16,18-20H2,1-5H3,(H,35,39). The molecule has 2 aliphatic rings. The third-order valence-electron chi connectivity index (χ3n) is 7.34. The zero-order valence-corrected chi connectivity index (χ0v) is 24.3. The maximum atomic E-state index is 14.0. The zero-order chi connectivity index (χ0) is 29.1. The lowest BCUT2D eigenvalue weighted by Gasteiger charge is -2.40. The Kier molecular flexibility index (Phi) is 7.97. The van der Waals surface area contributed by atoms with Gasteiger partial charge in [0, 0.05) is 49.7 Å². The van der Waals surface area contributed by atoms with Crippen molar-refractivity contribution in [1.82, 2.24) is 14.8 Å². The molecule has 9 nitrogen and oxygen atoms in total. The fourth-order valence-corrected chi connectivity index (χ4v) is 5.18. The average molecular weight is 556 g/mol. The number of amides is 2. The first-order valence-electron chi connectivity index (χ1n) is 13.9. The van der Waals surface area contributed by atoms with Gasteiger partial charge in [0.25, 0.3) is 6.02 Å². The summed E-state index contributed by atoms with van der Waals surface area (Å²) < 4.78 is 11.6. The highest BCUT2D eigenvalue weighted by atomic mass is 16.6. The Bertz CT molecular complexity index is 1460. The summed E-state index contributed by atoms with van der Waals surface area (Å²) in [5.41, 5.74) is 5.63. The van der Waals surface area contributed by atoms with Crippen LogP contribution in [0.15, 0.2) is 65.8 Å². The number of anilines is 1. The van der Waals surface area contributed by atoms with Crippen molar-refractivity contribution >= 4 is 29.4 Å². The maximum absolute atomic E-state index is 14.0. The highest BCUT2D eigenvalue weighted by Crippen LogP contribution is 2.37. The number of carbonyl (C=O) groups is 2. The molecule has 0 saturated heterocycles. The number of carbonyl (C=O) groups excluding carboxylic acids is 2. The van der Waals surface area contributed by atoms with E-state index in [1.54, 1.807) is 11.1 Å². The van der Waals surface area contributed by atoms with Gasteiger partial charge in [-0.05, 0) is 75.1 Å². The van der Waals surface area contributed by atoms with Gasteiger partial charge in [0.2, 0.25) is 5.91 Å². The van der Waals surface area contributed by atoms with Gasteiger partial charge in [-0.25, -0.2) is 4.79 Å². The molecule has 2 aromatic carbocycles. The summed E-state index contributed by atoms with van der Waals surface area (Å²) in [5, 5.41) is 2.83. The van der Waals surface area contributed by atoms with Crippen LogP contribution in [0, 0.1) is 6.92 Å². The first-order chi connectivity index (χ1) is 19.6. The molecule has 5 rings (SSSR count). The Labute approximate surface area is 241 Å². The van der Waals surface area contributed by atoms with Gasteiger partial charge in [0.1, 0.15) is 18.2 Å². The van der Waals surface area contributed by atoms with E-state index in [1.165, 1.54) is 0 Å². The van der Waals surface area contributed by atoms with Crippen molar-refractivity contribution in [3.8, 4) is 0 Å². The van der Waals surface area contributed by atoms with Gasteiger partial charge in [-0.2, -0.15) is 4.99 Å². The number of fused-ring (bicyclic) bond motifs is 2. The highest BCUT2D eigenvalue weighted by molar-refractivity contribution is 5.91. The molecule has 214 valence electrons. The van der Waals surface area contributed by atoms with Crippen LogP contribution in [0.25, 0.3) is 0 Å². The molecule has 1 unspecified atom stereocenters. The fraction of sp³-hybridized carbons (Fsp3) is 0.375. The number of rotatable bonds is 5. The summed E-state index contributed by atoms with van der Waals surface area (Å²) in [6.07, 6.45) is 2.71. The Balaban J connectivity index is 1.40. The lowest BCUT2D eigenvalue weighted by molar-refractivity contribution is -0.135. The molecule has 0 aliphatic carbocycles. The van der Waals surface area contributed by atoms with Crippen LogP contribution >= 0.6 is 0 Å². The number of aliphatic imine (C=N–C) groups is 1. The van der Waals surface area contributed by atoms with Gasteiger partial charge in [0.15, 0.2) is 0 Å². The van der Waals surface area contributed by atoms with Crippen molar-refractivity contribution in [3.63, 3.8) is 0 Å². The average Bonchev–Trinajstić information content (AvgIpc) is 2.95. The van der Waals surface area contributed by atoms with E-state index in [2.05, 4.69) is 16.4 Å². The van der Waals surface area contributed by atoms with E-state index in [0.717, 1.165) is 40.1 Å². The Morgan fingerprint density at radius 3 is 2.66 bits per heavy atom. The smallest absolute Gasteiger partial charge is 0.412 e. The van der Waals surface area contributed by atoms with Crippen LogP contribution in [0.2, 0.25) is 0 Å². The topological polar surface area (TPSA) is 96.4 Å². The molecule has 0 radical (unpaired) electrons. The van der Waals surface area contributed by atoms with Gasteiger partial charge < -0.3 is 19.3 Å². The van der Waals surface area contributed by atoms with Crippen LogP contribution in [-0.2, 0) is 33.7 Å². The molecule has 0 fully saturated rings. The predicted octanol–water partition coefficient (Wildman–Crippen LogP) is 5.56. The summed E-state index contributed by atoms with van der Waals surface area (Å²) in [5.74, 6) is -0.0155. The number of amidine groups is 1. The van der Waals surface area contributed by atoms with Crippen LogP contribution in [0.5, 0.6) is 0 Å². The van der Waals surface area contributed by atoms with E-state index in [4.69, 9.17) is 14.5 Å². The lowest BCUT2D eigenvalue weighted by atomic mass is 9.92. The molecule has 1 atom stereocenters. The van der Waals surface area contributed by atoms with E-state index in [1.807, 2.05) is 88.2 Å². The number of hydrogen-bond acceptors (Lipinski definition) is 7. The molecule has 2 amide bonds. The van der Waals surface area contributed by atoms with Gasteiger partial charge >= 0.3 is 6.09 Å². The van der Waals surface area contributed by atoms with E-state index in [9.17, 15) is 9.59 Å². The zero-order valence-electron chi connectivity index (χ0n) is 24.3. The second-order valence-electron chi connectivity index (χ2n) is 11.4. The highest BCUT2D eigenvalue weighted by Gasteiger charge is 2.38. The summed E-state index contributed by atoms with van der Waals surface area (Å²) in [6.45, 7) is 8.83. The predicted molar refractivity (Wildman–Crippen MR) is 158 cm³/mol. The third-order valence-corrected chi connectivity index (χ3v) is 7.34. The van der Waals surface area contributed by atoms with Gasteiger partial charge in [0.05, 0.1) is 5.69 Å². The largest absolute Gasteiger partial charge is 0.460 e. The van der Waals surface area contributed by atoms with Crippen molar-refractivity contribution in [1.29, 1.82) is 0 Å². The van der Waals surface area contributed by atoms with Gasteiger partial charge in [-0.3, -0.25) is 15.1 Å². The van der Waals surface area contributed by atoms with Crippen molar-refractivity contribution in [2.24, 2.45) is 4.99 Å². The minimum Gasteiger partial charge on any atom is -0.460 e. The van der Waals surface area contributed by atoms with Crippen LogP contribution in [-0.4, -0.2) is 58.5 Å². The van der Waals surface area contributed by atoms with Crippen LogP contribution < -0.4 is 5.32 Å². The Hall–Kier alpha value is -4.40. The Morgan fingerprint density at radius 1 is 1.12 bits per heavy atom. The number of aromatic nitrogens is 1. The molecule has 0 saturated carbocycles. The number of benzene rings is 2. The molecule has 1 aromatic heterocycles. The quantitative estimate of drug-likeness (QED) is 0.443. The molecule has 1 N–H and O–H groups in total. The molecular weight excluding hydrogens is 518 g/mol. The number of nitrogens with zero attached hydrogens (tertiary/aromatic N) is 4. The number of ether oxygens (including phenoxy) is 2. The van der Waals surface area contributed by atoms with E-state index in [-0.39, 0.29) is 12.5 Å². The second kappa shape index (κ2) is 11.6. The molecule has 0 bridgehead atoms. The SMILES string of the molecule is Cc1c(NC(=O)OC(C)(C)C)ccc2c1COC(N1CCc3ccccc3C1C(=O)N(C)CCc1ccccn1)=N2. The molecule has 3 aromatic rings. The first-order valence-corrected chi connectivity index (χ1v) is 13.9. The minimum absolute atomic E-state index is 0.0155. The first kappa shape index (κ1) is 28.1. The van der Waals surface area contributed by atoms with Crippen molar-refractivity contribution in [3.05, 3.63) is 88.7 Å². The summed E-state index contributed by atoms with van der Waals surface area (Å²) in [4.78, 5) is 39.3.